The zero-order valence-electron chi connectivity index (χ0n) is 11.6. The molecule has 1 aliphatic rings. The maximum absolute atomic E-state index is 12.2. The van der Waals surface area contributed by atoms with Gasteiger partial charge in [0.05, 0.1) is 22.6 Å². The van der Waals surface area contributed by atoms with Gasteiger partial charge in [-0.15, -0.1) is 0 Å². The lowest BCUT2D eigenvalue weighted by molar-refractivity contribution is 0.0601. The van der Waals surface area contributed by atoms with Crippen LogP contribution in [0.25, 0.3) is 0 Å². The Kier molecular flexibility index (Phi) is 5.21. The molecule has 1 fully saturated rings. The lowest BCUT2D eigenvalue weighted by Crippen LogP contribution is -2.37. The van der Waals surface area contributed by atoms with E-state index in [0.29, 0.717) is 6.54 Å². The van der Waals surface area contributed by atoms with E-state index in [2.05, 4.69) is 14.8 Å². The van der Waals surface area contributed by atoms with E-state index in [1.165, 1.54) is 25.3 Å². The highest BCUT2D eigenvalue weighted by molar-refractivity contribution is 7.89. The van der Waals surface area contributed by atoms with Crippen molar-refractivity contribution >= 4 is 27.6 Å². The van der Waals surface area contributed by atoms with E-state index < -0.39 is 16.0 Å². The Balaban J connectivity index is 2.12. The summed E-state index contributed by atoms with van der Waals surface area (Å²) in [4.78, 5) is 11.4. The average molecular weight is 333 g/mol. The van der Waals surface area contributed by atoms with Crippen LogP contribution in [0.15, 0.2) is 23.1 Å². The zero-order chi connectivity index (χ0) is 15.5. The Hall–Kier alpha value is -1.15. The summed E-state index contributed by atoms with van der Waals surface area (Å²) in [7, 11) is -2.41. The normalized spacial score (nSPS) is 18.7. The first-order chi connectivity index (χ1) is 9.94. The van der Waals surface area contributed by atoms with Crippen molar-refractivity contribution in [2.24, 2.45) is 0 Å². The Labute approximate surface area is 128 Å². The summed E-state index contributed by atoms with van der Waals surface area (Å²) in [6.07, 6.45) is 2.00. The van der Waals surface area contributed by atoms with Crippen LogP contribution in [0, 0.1) is 0 Å². The summed E-state index contributed by atoms with van der Waals surface area (Å²) in [5.74, 6) is -0.605. The standard InChI is InChI=1S/C13H17ClN2O4S/c1-20-13(17)11-5-4-10(7-12(11)14)21(18,19)16-8-9-3-2-6-15-9/h4-5,7,9,15-16H,2-3,6,8H2,1H3/t9-/m0/s1. The number of sulfonamides is 1. The van der Waals surface area contributed by atoms with Crippen LogP contribution >= 0.6 is 11.6 Å². The van der Waals surface area contributed by atoms with Crippen LogP contribution in [0.4, 0.5) is 0 Å². The maximum atomic E-state index is 12.2. The van der Waals surface area contributed by atoms with Gasteiger partial charge in [0.1, 0.15) is 0 Å². The second-order valence-electron chi connectivity index (χ2n) is 4.78. The highest BCUT2D eigenvalue weighted by Gasteiger charge is 2.21. The van der Waals surface area contributed by atoms with Crippen molar-refractivity contribution in [2.75, 3.05) is 20.2 Å². The summed E-state index contributed by atoms with van der Waals surface area (Å²) in [6.45, 7) is 1.24. The fourth-order valence-electron chi connectivity index (χ4n) is 2.16. The molecular weight excluding hydrogens is 316 g/mol. The first kappa shape index (κ1) is 16.2. The highest BCUT2D eigenvalue weighted by Crippen LogP contribution is 2.21. The molecule has 1 saturated heterocycles. The second kappa shape index (κ2) is 6.74. The third-order valence-electron chi connectivity index (χ3n) is 3.34. The number of ether oxygens (including phenoxy) is 1. The number of esters is 1. The molecular formula is C13H17ClN2O4S. The minimum atomic E-state index is -3.65. The first-order valence-electron chi connectivity index (χ1n) is 6.55. The first-order valence-corrected chi connectivity index (χ1v) is 8.41. The number of carbonyl (C=O) groups is 1. The molecule has 1 aliphatic heterocycles. The van der Waals surface area contributed by atoms with Crippen LogP contribution < -0.4 is 10.0 Å². The molecule has 0 aromatic heterocycles. The number of hydrogen-bond acceptors (Lipinski definition) is 5. The van der Waals surface area contributed by atoms with Crippen molar-refractivity contribution in [3.05, 3.63) is 28.8 Å². The molecule has 0 bridgehead atoms. The fourth-order valence-corrected chi connectivity index (χ4v) is 3.59. The molecule has 0 unspecified atom stereocenters. The van der Waals surface area contributed by atoms with Crippen molar-refractivity contribution in [2.45, 2.75) is 23.8 Å². The molecule has 8 heteroatoms. The van der Waals surface area contributed by atoms with E-state index in [1.54, 1.807) is 0 Å². The molecule has 0 radical (unpaired) electrons. The lowest BCUT2D eigenvalue weighted by atomic mass is 10.2. The summed E-state index contributed by atoms with van der Waals surface area (Å²) in [6, 6.07) is 4.08. The molecule has 6 nitrogen and oxygen atoms in total. The predicted octanol–water partition coefficient (Wildman–Crippen LogP) is 1.16. The van der Waals surface area contributed by atoms with Gasteiger partial charge in [0, 0.05) is 12.6 Å². The fraction of sp³-hybridized carbons (Fsp3) is 0.462. The third kappa shape index (κ3) is 3.94. The highest BCUT2D eigenvalue weighted by atomic mass is 35.5. The number of hydrogen-bond donors (Lipinski definition) is 2. The van der Waals surface area contributed by atoms with Crippen LogP contribution in [0.1, 0.15) is 23.2 Å². The molecule has 1 heterocycles. The molecule has 1 atom stereocenters. The summed E-state index contributed by atoms with van der Waals surface area (Å²) in [5, 5.41) is 3.25. The largest absolute Gasteiger partial charge is 0.465 e. The molecule has 116 valence electrons. The van der Waals surface area contributed by atoms with Crippen molar-refractivity contribution in [3.63, 3.8) is 0 Å². The Morgan fingerprint density at radius 2 is 2.29 bits per heavy atom. The minimum Gasteiger partial charge on any atom is -0.465 e. The van der Waals surface area contributed by atoms with Crippen molar-refractivity contribution in [1.82, 2.24) is 10.0 Å². The second-order valence-corrected chi connectivity index (χ2v) is 6.95. The third-order valence-corrected chi connectivity index (χ3v) is 5.07. The van der Waals surface area contributed by atoms with Gasteiger partial charge in [0.15, 0.2) is 0 Å². The monoisotopic (exact) mass is 332 g/mol. The van der Waals surface area contributed by atoms with E-state index >= 15 is 0 Å². The molecule has 2 N–H and O–H groups in total. The quantitative estimate of drug-likeness (QED) is 0.790. The average Bonchev–Trinajstić information content (AvgIpc) is 2.97. The van der Waals surface area contributed by atoms with Crippen LogP contribution in [-0.2, 0) is 14.8 Å². The summed E-state index contributed by atoms with van der Waals surface area (Å²) >= 11 is 5.93. The van der Waals surface area contributed by atoms with E-state index in [9.17, 15) is 13.2 Å². The minimum absolute atomic E-state index is 0.0261. The lowest BCUT2D eigenvalue weighted by Gasteiger charge is -2.12. The Bertz CT molecular complexity index is 627. The molecule has 1 aromatic rings. The molecule has 0 amide bonds. The number of methoxy groups -OCH3 is 1. The van der Waals surface area contributed by atoms with Gasteiger partial charge >= 0.3 is 5.97 Å². The molecule has 2 rings (SSSR count). The van der Waals surface area contributed by atoms with Crippen LogP contribution in [0.3, 0.4) is 0 Å². The van der Waals surface area contributed by atoms with E-state index in [-0.39, 0.29) is 21.5 Å². The Morgan fingerprint density at radius 1 is 1.52 bits per heavy atom. The molecule has 0 aliphatic carbocycles. The summed E-state index contributed by atoms with van der Waals surface area (Å²) < 4.78 is 31.5. The van der Waals surface area contributed by atoms with E-state index in [1.807, 2.05) is 0 Å². The number of benzene rings is 1. The smallest absolute Gasteiger partial charge is 0.339 e. The number of nitrogens with one attached hydrogen (secondary N) is 2. The van der Waals surface area contributed by atoms with Gasteiger partial charge in [-0.05, 0) is 37.6 Å². The van der Waals surface area contributed by atoms with Gasteiger partial charge in [0.2, 0.25) is 10.0 Å². The summed E-state index contributed by atoms with van der Waals surface area (Å²) in [5.41, 5.74) is 0.135. The van der Waals surface area contributed by atoms with E-state index in [0.717, 1.165) is 19.4 Å². The zero-order valence-corrected chi connectivity index (χ0v) is 13.1. The van der Waals surface area contributed by atoms with Gasteiger partial charge in [-0.2, -0.15) is 0 Å². The van der Waals surface area contributed by atoms with Crippen LogP contribution in [0.2, 0.25) is 5.02 Å². The number of carbonyl (C=O) groups excluding carboxylic acids is 1. The van der Waals surface area contributed by atoms with Gasteiger partial charge < -0.3 is 10.1 Å². The van der Waals surface area contributed by atoms with Gasteiger partial charge in [-0.25, -0.2) is 17.9 Å². The molecule has 0 saturated carbocycles. The predicted molar refractivity (Wildman–Crippen MR) is 79.0 cm³/mol. The van der Waals surface area contributed by atoms with Crippen molar-refractivity contribution in [1.29, 1.82) is 0 Å². The van der Waals surface area contributed by atoms with Crippen LogP contribution in [0.5, 0.6) is 0 Å². The number of halogens is 1. The topological polar surface area (TPSA) is 84.5 Å². The Morgan fingerprint density at radius 3 is 2.86 bits per heavy atom. The SMILES string of the molecule is COC(=O)c1ccc(S(=O)(=O)NC[C@@H]2CCCN2)cc1Cl. The van der Waals surface area contributed by atoms with Gasteiger partial charge in [-0.1, -0.05) is 11.6 Å². The molecule has 0 spiro atoms. The van der Waals surface area contributed by atoms with Crippen molar-refractivity contribution < 1.29 is 17.9 Å². The molecule has 1 aromatic carbocycles. The molecule has 21 heavy (non-hydrogen) atoms. The van der Waals surface area contributed by atoms with Crippen LogP contribution in [-0.4, -0.2) is 40.6 Å². The van der Waals surface area contributed by atoms with Gasteiger partial charge in [-0.3, -0.25) is 0 Å². The maximum Gasteiger partial charge on any atom is 0.339 e. The van der Waals surface area contributed by atoms with E-state index in [4.69, 9.17) is 11.6 Å². The van der Waals surface area contributed by atoms with Gasteiger partial charge in [0.25, 0.3) is 0 Å². The number of rotatable bonds is 5. The van der Waals surface area contributed by atoms with Crippen molar-refractivity contribution in [3.8, 4) is 0 Å².